The molecule has 0 saturated carbocycles. The van der Waals surface area contributed by atoms with E-state index in [1.807, 2.05) is 49.4 Å². The molecule has 0 radical (unpaired) electrons. The first-order valence-electron chi connectivity index (χ1n) is 10.5. The molecule has 1 N–H and O–H groups in total. The SMILES string of the molecule is CCc1ccc(OCCCC(=O)Nc2sc(C)c(-c3ccc(Br)cc3)c2C(=O)OC)c(Br)c1. The zero-order valence-electron chi connectivity index (χ0n) is 18.7. The van der Waals surface area contributed by atoms with Gasteiger partial charge in [0.25, 0.3) is 0 Å². The second-order valence-electron chi connectivity index (χ2n) is 7.35. The van der Waals surface area contributed by atoms with Crippen molar-refractivity contribution in [2.45, 2.75) is 33.1 Å². The maximum atomic E-state index is 12.6. The Morgan fingerprint density at radius 3 is 2.45 bits per heavy atom. The molecule has 0 fully saturated rings. The predicted molar refractivity (Wildman–Crippen MR) is 140 cm³/mol. The summed E-state index contributed by atoms with van der Waals surface area (Å²) in [5.41, 5.74) is 3.27. The fourth-order valence-electron chi connectivity index (χ4n) is 3.38. The van der Waals surface area contributed by atoms with Gasteiger partial charge in [-0.3, -0.25) is 4.79 Å². The largest absolute Gasteiger partial charge is 0.492 e. The summed E-state index contributed by atoms with van der Waals surface area (Å²) in [5, 5.41) is 3.40. The number of ether oxygens (including phenoxy) is 2. The van der Waals surface area contributed by atoms with Crippen molar-refractivity contribution < 1.29 is 19.1 Å². The molecule has 3 aromatic rings. The molecule has 0 atom stereocenters. The van der Waals surface area contributed by atoms with Crippen molar-refractivity contribution in [1.29, 1.82) is 0 Å². The number of halogens is 2. The number of methoxy groups -OCH3 is 1. The molecular weight excluding hydrogens is 570 g/mol. The Morgan fingerprint density at radius 1 is 1.09 bits per heavy atom. The monoisotopic (exact) mass is 593 g/mol. The third-order valence-corrected chi connectivity index (χ3v) is 7.24. The number of amides is 1. The summed E-state index contributed by atoms with van der Waals surface area (Å²) in [6.45, 7) is 4.44. The Labute approximate surface area is 214 Å². The summed E-state index contributed by atoms with van der Waals surface area (Å²) < 4.78 is 12.7. The average molecular weight is 595 g/mol. The van der Waals surface area contributed by atoms with Gasteiger partial charge in [0.1, 0.15) is 16.3 Å². The molecule has 0 unspecified atom stereocenters. The summed E-state index contributed by atoms with van der Waals surface area (Å²) in [7, 11) is 1.34. The first-order valence-corrected chi connectivity index (χ1v) is 12.9. The van der Waals surface area contributed by atoms with Gasteiger partial charge in [0.15, 0.2) is 0 Å². The Hall–Kier alpha value is -2.16. The number of anilines is 1. The standard InChI is InChI=1S/C25H25Br2NO4S/c1-4-16-7-12-20(19(27)14-16)32-13-5-6-21(29)28-24-23(25(30)31-3)22(15(2)33-24)17-8-10-18(26)11-9-17/h7-12,14H,4-6,13H2,1-3H3,(H,28,29). The van der Waals surface area contributed by atoms with E-state index in [0.717, 1.165) is 37.1 Å². The molecule has 1 heterocycles. The molecular formula is C25H25Br2NO4S. The van der Waals surface area contributed by atoms with Crippen LogP contribution in [0.2, 0.25) is 0 Å². The molecule has 1 amide bonds. The summed E-state index contributed by atoms with van der Waals surface area (Å²) in [4.78, 5) is 26.1. The first kappa shape index (κ1) is 25.5. The number of thiophene rings is 1. The van der Waals surface area contributed by atoms with Crippen LogP contribution in [0.4, 0.5) is 5.00 Å². The van der Waals surface area contributed by atoms with Gasteiger partial charge in [0.05, 0.1) is 18.2 Å². The minimum Gasteiger partial charge on any atom is -0.492 e. The van der Waals surface area contributed by atoms with Gasteiger partial charge in [-0.1, -0.05) is 41.1 Å². The minimum absolute atomic E-state index is 0.173. The maximum Gasteiger partial charge on any atom is 0.341 e. The van der Waals surface area contributed by atoms with Crippen LogP contribution >= 0.6 is 43.2 Å². The lowest BCUT2D eigenvalue weighted by molar-refractivity contribution is -0.116. The van der Waals surface area contributed by atoms with Crippen molar-refractivity contribution in [2.24, 2.45) is 0 Å². The van der Waals surface area contributed by atoms with Crippen LogP contribution in [0.3, 0.4) is 0 Å². The fraction of sp³-hybridized carbons (Fsp3) is 0.280. The molecule has 174 valence electrons. The minimum atomic E-state index is -0.476. The highest BCUT2D eigenvalue weighted by molar-refractivity contribution is 9.10. The predicted octanol–water partition coefficient (Wildman–Crippen LogP) is 7.40. The van der Waals surface area contributed by atoms with E-state index in [-0.39, 0.29) is 12.3 Å². The van der Waals surface area contributed by atoms with E-state index < -0.39 is 5.97 Å². The van der Waals surface area contributed by atoms with Crippen LogP contribution in [-0.2, 0) is 16.0 Å². The quantitative estimate of drug-likeness (QED) is 0.207. The fourth-order valence-corrected chi connectivity index (χ4v) is 5.26. The van der Waals surface area contributed by atoms with Crippen molar-refractivity contribution >= 4 is 60.1 Å². The van der Waals surface area contributed by atoms with Gasteiger partial charge >= 0.3 is 5.97 Å². The highest BCUT2D eigenvalue weighted by atomic mass is 79.9. The number of carbonyl (C=O) groups is 2. The number of hydrogen-bond acceptors (Lipinski definition) is 5. The van der Waals surface area contributed by atoms with Crippen molar-refractivity contribution in [2.75, 3.05) is 19.0 Å². The second kappa shape index (κ2) is 11.8. The molecule has 33 heavy (non-hydrogen) atoms. The highest BCUT2D eigenvalue weighted by Gasteiger charge is 2.25. The van der Waals surface area contributed by atoms with Gasteiger partial charge in [-0.25, -0.2) is 4.79 Å². The van der Waals surface area contributed by atoms with E-state index in [0.29, 0.717) is 23.6 Å². The van der Waals surface area contributed by atoms with E-state index in [1.165, 1.54) is 24.0 Å². The molecule has 0 aliphatic heterocycles. The number of rotatable bonds is 9. The molecule has 0 aliphatic rings. The summed E-state index contributed by atoms with van der Waals surface area (Å²) in [6, 6.07) is 13.7. The first-order chi connectivity index (χ1) is 15.8. The Bertz CT molecular complexity index is 1140. The number of benzene rings is 2. The van der Waals surface area contributed by atoms with Crippen molar-refractivity contribution in [3.63, 3.8) is 0 Å². The highest BCUT2D eigenvalue weighted by Crippen LogP contribution is 2.40. The van der Waals surface area contributed by atoms with Crippen molar-refractivity contribution in [3.8, 4) is 16.9 Å². The normalized spacial score (nSPS) is 10.7. The summed E-state index contributed by atoms with van der Waals surface area (Å²) in [6.07, 6.45) is 1.78. The lowest BCUT2D eigenvalue weighted by atomic mass is 10.0. The Morgan fingerprint density at radius 2 is 1.82 bits per heavy atom. The zero-order valence-corrected chi connectivity index (χ0v) is 22.7. The van der Waals surface area contributed by atoms with Crippen LogP contribution < -0.4 is 10.1 Å². The van der Waals surface area contributed by atoms with E-state index in [4.69, 9.17) is 9.47 Å². The second-order valence-corrected chi connectivity index (χ2v) is 10.3. The van der Waals surface area contributed by atoms with Crippen LogP contribution in [0.25, 0.3) is 11.1 Å². The molecule has 0 bridgehead atoms. The number of carbonyl (C=O) groups excluding carboxylic acids is 2. The molecule has 0 saturated heterocycles. The third kappa shape index (κ3) is 6.46. The van der Waals surface area contributed by atoms with Gasteiger partial charge in [0.2, 0.25) is 5.91 Å². The number of aryl methyl sites for hydroxylation is 2. The number of hydrogen-bond donors (Lipinski definition) is 1. The van der Waals surface area contributed by atoms with Crippen molar-refractivity contribution in [3.05, 3.63) is 67.4 Å². The van der Waals surface area contributed by atoms with E-state index in [9.17, 15) is 9.59 Å². The van der Waals surface area contributed by atoms with Crippen LogP contribution in [0.15, 0.2) is 51.4 Å². The lowest BCUT2D eigenvalue weighted by Crippen LogP contribution is -2.15. The van der Waals surface area contributed by atoms with E-state index >= 15 is 0 Å². The number of esters is 1. The van der Waals surface area contributed by atoms with Crippen LogP contribution in [0, 0.1) is 6.92 Å². The van der Waals surface area contributed by atoms with Crippen molar-refractivity contribution in [1.82, 2.24) is 0 Å². The molecule has 5 nitrogen and oxygen atoms in total. The molecule has 0 spiro atoms. The molecule has 1 aromatic heterocycles. The van der Waals surface area contributed by atoms with Gasteiger partial charge in [-0.2, -0.15) is 0 Å². The van der Waals surface area contributed by atoms with Crippen LogP contribution in [-0.4, -0.2) is 25.6 Å². The summed E-state index contributed by atoms with van der Waals surface area (Å²) in [5.74, 6) is 0.109. The van der Waals surface area contributed by atoms with Crippen LogP contribution in [0.1, 0.15) is 40.6 Å². The Kier molecular flexibility index (Phi) is 9.11. The van der Waals surface area contributed by atoms with Crippen LogP contribution in [0.5, 0.6) is 5.75 Å². The average Bonchev–Trinajstić information content (AvgIpc) is 3.12. The third-order valence-electron chi connectivity index (χ3n) is 5.07. The molecule has 2 aromatic carbocycles. The zero-order chi connectivity index (χ0) is 24.0. The van der Waals surface area contributed by atoms with Gasteiger partial charge in [-0.05, 0) is 71.1 Å². The summed E-state index contributed by atoms with van der Waals surface area (Å²) >= 11 is 8.33. The molecule has 3 rings (SSSR count). The molecule has 8 heteroatoms. The maximum absolute atomic E-state index is 12.6. The van der Waals surface area contributed by atoms with Gasteiger partial charge in [0, 0.05) is 21.3 Å². The van der Waals surface area contributed by atoms with E-state index in [2.05, 4.69) is 44.1 Å². The van der Waals surface area contributed by atoms with E-state index in [1.54, 1.807) is 0 Å². The Balaban J connectivity index is 1.66. The van der Waals surface area contributed by atoms with Gasteiger partial charge < -0.3 is 14.8 Å². The smallest absolute Gasteiger partial charge is 0.341 e. The molecule has 0 aliphatic carbocycles. The van der Waals surface area contributed by atoms with Gasteiger partial charge in [-0.15, -0.1) is 11.3 Å². The lowest BCUT2D eigenvalue weighted by Gasteiger charge is -2.10. The topological polar surface area (TPSA) is 64.6 Å². The number of nitrogens with one attached hydrogen (secondary N) is 1.